The summed E-state index contributed by atoms with van der Waals surface area (Å²) >= 11 is 0. The van der Waals surface area contributed by atoms with Gasteiger partial charge in [-0.25, -0.2) is 4.79 Å². The summed E-state index contributed by atoms with van der Waals surface area (Å²) in [4.78, 5) is 12.0. The van der Waals surface area contributed by atoms with Crippen molar-refractivity contribution in [3.05, 3.63) is 29.3 Å². The van der Waals surface area contributed by atoms with Crippen LogP contribution in [-0.2, 0) is 10.2 Å². The first kappa shape index (κ1) is 16.8. The first-order chi connectivity index (χ1) is 9.25. The molecule has 0 atom stereocenters. The van der Waals surface area contributed by atoms with E-state index in [1.165, 1.54) is 0 Å². The van der Waals surface area contributed by atoms with E-state index in [4.69, 9.17) is 9.16 Å². The Morgan fingerprint density at radius 1 is 1.30 bits per heavy atom. The summed E-state index contributed by atoms with van der Waals surface area (Å²) in [6, 6.07) is 5.61. The van der Waals surface area contributed by atoms with E-state index in [2.05, 4.69) is 34.6 Å². The topological polar surface area (TPSA) is 35.5 Å². The van der Waals surface area contributed by atoms with E-state index < -0.39 is 0 Å². The summed E-state index contributed by atoms with van der Waals surface area (Å²) in [7, 11) is 0.421. The van der Waals surface area contributed by atoms with E-state index >= 15 is 0 Å². The maximum atomic E-state index is 12.0. The second-order valence-corrected chi connectivity index (χ2v) is 7.65. The van der Waals surface area contributed by atoms with Crippen LogP contribution in [0.25, 0.3) is 0 Å². The van der Waals surface area contributed by atoms with Crippen LogP contribution in [0, 0.1) is 0 Å². The number of esters is 1. The maximum Gasteiger partial charge on any atom is 0.338 e. The molecule has 1 aromatic carbocycles. The molecule has 1 aromatic rings. The Balaban J connectivity index is 3.10. The highest BCUT2D eigenvalue weighted by atomic mass is 28.2. The third kappa shape index (κ3) is 4.67. The fourth-order valence-corrected chi connectivity index (χ4v) is 2.28. The van der Waals surface area contributed by atoms with Crippen LogP contribution in [0.4, 0.5) is 0 Å². The zero-order valence-corrected chi connectivity index (χ0v) is 14.2. The molecule has 0 aliphatic heterocycles. The predicted molar refractivity (Wildman–Crippen MR) is 82.6 cm³/mol. The van der Waals surface area contributed by atoms with Crippen molar-refractivity contribution in [3.63, 3.8) is 0 Å². The molecule has 0 amide bonds. The SMILES string of the molecule is CCOC(=O)c1ccc(O[Si]C(C)C)cc1C(C)(C)C. The van der Waals surface area contributed by atoms with E-state index in [0.717, 1.165) is 11.3 Å². The molecule has 0 spiro atoms. The van der Waals surface area contributed by atoms with Crippen LogP contribution < -0.4 is 4.43 Å². The predicted octanol–water partition coefficient (Wildman–Crippen LogP) is 3.99. The fraction of sp³-hybridized carbons (Fsp3) is 0.562. The van der Waals surface area contributed by atoms with Gasteiger partial charge in [0.15, 0.2) is 0 Å². The van der Waals surface area contributed by atoms with Gasteiger partial charge in [0.05, 0.1) is 12.2 Å². The third-order valence-electron chi connectivity index (χ3n) is 2.71. The molecular formula is C16H24O3Si. The highest BCUT2D eigenvalue weighted by molar-refractivity contribution is 6.30. The molecule has 0 bridgehead atoms. The molecule has 0 aromatic heterocycles. The van der Waals surface area contributed by atoms with Crippen LogP contribution >= 0.6 is 0 Å². The smallest absolute Gasteiger partial charge is 0.338 e. The molecule has 110 valence electrons. The summed E-state index contributed by atoms with van der Waals surface area (Å²) in [6.07, 6.45) is 0. The molecule has 0 N–H and O–H groups in total. The van der Waals surface area contributed by atoms with Crippen molar-refractivity contribution in [2.24, 2.45) is 0 Å². The van der Waals surface area contributed by atoms with Gasteiger partial charge in [0.1, 0.15) is 5.75 Å². The minimum absolute atomic E-state index is 0.137. The first-order valence-electron chi connectivity index (χ1n) is 6.99. The summed E-state index contributed by atoms with van der Waals surface area (Å²) in [6.45, 7) is 12.7. The lowest BCUT2D eigenvalue weighted by Gasteiger charge is -2.23. The normalized spacial score (nSPS) is 11.6. The Labute approximate surface area is 124 Å². The van der Waals surface area contributed by atoms with Gasteiger partial charge in [0, 0.05) is 0 Å². The molecule has 0 aliphatic carbocycles. The van der Waals surface area contributed by atoms with Crippen LogP contribution in [-0.4, -0.2) is 22.3 Å². The van der Waals surface area contributed by atoms with Crippen LogP contribution in [0.2, 0.25) is 5.54 Å². The van der Waals surface area contributed by atoms with E-state index in [-0.39, 0.29) is 11.4 Å². The van der Waals surface area contributed by atoms with Crippen molar-refractivity contribution in [1.29, 1.82) is 0 Å². The van der Waals surface area contributed by atoms with Crippen LogP contribution in [0.5, 0.6) is 5.75 Å². The van der Waals surface area contributed by atoms with Crippen LogP contribution in [0.15, 0.2) is 18.2 Å². The second-order valence-electron chi connectivity index (χ2n) is 6.05. The number of carbonyl (C=O) groups is 1. The molecule has 0 fully saturated rings. The average molecular weight is 292 g/mol. The van der Waals surface area contributed by atoms with E-state index in [1.807, 2.05) is 19.1 Å². The van der Waals surface area contributed by atoms with Gasteiger partial charge in [-0.3, -0.25) is 0 Å². The van der Waals surface area contributed by atoms with Gasteiger partial charge >= 0.3 is 15.7 Å². The van der Waals surface area contributed by atoms with Crippen molar-refractivity contribution in [2.45, 2.75) is 52.5 Å². The lowest BCUT2D eigenvalue weighted by atomic mass is 9.83. The summed E-state index contributed by atoms with van der Waals surface area (Å²) in [5.74, 6) is 0.547. The number of benzene rings is 1. The molecule has 4 heteroatoms. The number of ether oxygens (including phenoxy) is 1. The van der Waals surface area contributed by atoms with Crippen LogP contribution in [0.1, 0.15) is 57.5 Å². The standard InChI is InChI=1S/C16H24O3Si/c1-7-18-15(17)13-9-8-12(19-20-11(2)3)10-14(13)16(4,5)6/h8-11H,7H2,1-6H3. The third-order valence-corrected chi connectivity index (χ3v) is 3.53. The van der Waals surface area contributed by atoms with Gasteiger partial charge in [0.25, 0.3) is 0 Å². The van der Waals surface area contributed by atoms with Gasteiger partial charge < -0.3 is 9.16 Å². The molecular weight excluding hydrogens is 268 g/mol. The molecule has 0 saturated heterocycles. The first-order valence-corrected chi connectivity index (χ1v) is 7.98. The molecule has 3 nitrogen and oxygen atoms in total. The van der Waals surface area contributed by atoms with Gasteiger partial charge in [-0.2, -0.15) is 0 Å². The number of carbonyl (C=O) groups excluding carboxylic acids is 1. The number of hydrogen-bond donors (Lipinski definition) is 0. The van der Waals surface area contributed by atoms with Crippen molar-refractivity contribution in [2.75, 3.05) is 6.61 Å². The molecule has 2 radical (unpaired) electrons. The Hall–Kier alpha value is -1.29. The molecule has 0 unspecified atom stereocenters. The fourth-order valence-electron chi connectivity index (χ4n) is 1.78. The summed E-state index contributed by atoms with van der Waals surface area (Å²) in [5, 5.41) is 0. The molecule has 0 aliphatic rings. The second kappa shape index (κ2) is 6.93. The quantitative estimate of drug-likeness (QED) is 0.608. The van der Waals surface area contributed by atoms with Crippen molar-refractivity contribution in [3.8, 4) is 5.75 Å². The zero-order valence-electron chi connectivity index (χ0n) is 13.2. The van der Waals surface area contributed by atoms with Crippen molar-refractivity contribution in [1.82, 2.24) is 0 Å². The van der Waals surface area contributed by atoms with Crippen molar-refractivity contribution >= 4 is 15.7 Å². The van der Waals surface area contributed by atoms with Gasteiger partial charge in [-0.1, -0.05) is 34.6 Å². The molecule has 1 rings (SSSR count). The van der Waals surface area contributed by atoms with E-state index in [9.17, 15) is 4.79 Å². The summed E-state index contributed by atoms with van der Waals surface area (Å²) < 4.78 is 10.9. The minimum atomic E-state index is -0.268. The highest BCUT2D eigenvalue weighted by Gasteiger charge is 2.23. The Morgan fingerprint density at radius 2 is 1.95 bits per heavy atom. The van der Waals surface area contributed by atoms with E-state index in [0.29, 0.717) is 27.5 Å². The van der Waals surface area contributed by atoms with Crippen molar-refractivity contribution < 1.29 is 14.0 Å². The number of hydrogen-bond acceptors (Lipinski definition) is 3. The Kier molecular flexibility index (Phi) is 5.81. The highest BCUT2D eigenvalue weighted by Crippen LogP contribution is 2.30. The summed E-state index contributed by atoms with van der Waals surface area (Å²) in [5.41, 5.74) is 1.95. The van der Waals surface area contributed by atoms with Gasteiger partial charge in [-0.05, 0) is 41.6 Å². The molecule has 0 heterocycles. The maximum absolute atomic E-state index is 12.0. The van der Waals surface area contributed by atoms with Gasteiger partial charge in [0.2, 0.25) is 0 Å². The largest absolute Gasteiger partial charge is 0.541 e. The molecule has 0 saturated carbocycles. The Bertz CT molecular complexity index is 461. The average Bonchev–Trinajstić information content (AvgIpc) is 2.35. The monoisotopic (exact) mass is 292 g/mol. The zero-order chi connectivity index (χ0) is 15.3. The number of rotatable bonds is 5. The minimum Gasteiger partial charge on any atom is -0.541 e. The van der Waals surface area contributed by atoms with Gasteiger partial charge in [-0.15, -0.1) is 0 Å². The van der Waals surface area contributed by atoms with E-state index in [1.54, 1.807) is 6.07 Å². The lowest BCUT2D eigenvalue weighted by molar-refractivity contribution is 0.0523. The Morgan fingerprint density at radius 3 is 2.45 bits per heavy atom. The molecule has 20 heavy (non-hydrogen) atoms. The van der Waals surface area contributed by atoms with Crippen LogP contribution in [0.3, 0.4) is 0 Å². The lowest BCUT2D eigenvalue weighted by Crippen LogP contribution is -2.19.